The van der Waals surface area contributed by atoms with Crippen molar-refractivity contribution < 1.29 is 14.3 Å². The summed E-state index contributed by atoms with van der Waals surface area (Å²) in [5, 5.41) is 5.69. The third-order valence-corrected chi connectivity index (χ3v) is 4.03. The number of fused-ring (bicyclic) bond motifs is 1. The van der Waals surface area contributed by atoms with Crippen LogP contribution in [0.5, 0.6) is 5.75 Å². The second-order valence-electron chi connectivity index (χ2n) is 5.64. The van der Waals surface area contributed by atoms with Crippen molar-refractivity contribution in [1.29, 1.82) is 0 Å². The molecule has 2 aliphatic heterocycles. The van der Waals surface area contributed by atoms with E-state index < -0.39 is 6.04 Å². The van der Waals surface area contributed by atoms with Gasteiger partial charge in [-0.25, -0.2) is 0 Å². The molecule has 0 unspecified atom stereocenters. The largest absolute Gasteiger partial charge is 0.490 e. The number of rotatable bonds is 3. The minimum Gasteiger partial charge on any atom is -0.490 e. The van der Waals surface area contributed by atoms with Crippen molar-refractivity contribution in [3.63, 3.8) is 0 Å². The number of hydrogen-bond donors (Lipinski definition) is 2. The summed E-state index contributed by atoms with van der Waals surface area (Å²) in [5.41, 5.74) is 0.925. The number of nitrogens with zero attached hydrogens (tertiary/aromatic N) is 1. The number of anilines is 1. The van der Waals surface area contributed by atoms with Gasteiger partial charge in [-0.3, -0.25) is 9.59 Å². The maximum atomic E-state index is 12.3. The molecule has 22 heavy (non-hydrogen) atoms. The van der Waals surface area contributed by atoms with Gasteiger partial charge in [0.15, 0.2) is 0 Å². The number of amides is 2. The van der Waals surface area contributed by atoms with Crippen molar-refractivity contribution in [3.05, 3.63) is 24.3 Å². The molecule has 2 N–H and O–H groups in total. The van der Waals surface area contributed by atoms with E-state index in [0.717, 1.165) is 24.3 Å². The molecule has 0 spiro atoms. The molecule has 0 bridgehead atoms. The SMILES string of the molecule is O=C(CN1CCOc2ccccc21)N[C@H]1CCCCNC1=O. The Labute approximate surface area is 129 Å². The molecule has 1 aromatic rings. The number of ether oxygens (including phenoxy) is 1. The molecule has 118 valence electrons. The highest BCUT2D eigenvalue weighted by Crippen LogP contribution is 2.30. The Morgan fingerprint density at radius 2 is 2.23 bits per heavy atom. The number of benzene rings is 1. The van der Waals surface area contributed by atoms with Crippen LogP contribution >= 0.6 is 0 Å². The Balaban J connectivity index is 1.61. The van der Waals surface area contributed by atoms with Crippen LogP contribution in [0.25, 0.3) is 0 Å². The Morgan fingerprint density at radius 3 is 3.14 bits per heavy atom. The summed E-state index contributed by atoms with van der Waals surface area (Å²) in [4.78, 5) is 26.1. The number of hydrogen-bond acceptors (Lipinski definition) is 4. The van der Waals surface area contributed by atoms with Gasteiger partial charge >= 0.3 is 0 Å². The smallest absolute Gasteiger partial charge is 0.242 e. The Bertz CT molecular complexity index is 561. The predicted molar refractivity (Wildman–Crippen MR) is 82.9 cm³/mol. The summed E-state index contributed by atoms with van der Waals surface area (Å²) in [6, 6.07) is 7.28. The molecule has 1 saturated heterocycles. The first-order chi connectivity index (χ1) is 10.7. The molecule has 1 aromatic carbocycles. The lowest BCUT2D eigenvalue weighted by Gasteiger charge is -2.31. The van der Waals surface area contributed by atoms with E-state index in [1.165, 1.54) is 0 Å². The molecule has 0 radical (unpaired) electrons. The molecule has 3 rings (SSSR count). The molecule has 2 amide bonds. The topological polar surface area (TPSA) is 70.7 Å². The van der Waals surface area contributed by atoms with Gasteiger partial charge in [-0.2, -0.15) is 0 Å². The van der Waals surface area contributed by atoms with Crippen LogP contribution in [0.3, 0.4) is 0 Å². The van der Waals surface area contributed by atoms with Gasteiger partial charge in [0.2, 0.25) is 11.8 Å². The number of para-hydroxylation sites is 2. The summed E-state index contributed by atoms with van der Waals surface area (Å²) < 4.78 is 5.58. The van der Waals surface area contributed by atoms with Gasteiger partial charge in [0.25, 0.3) is 0 Å². The first-order valence-corrected chi connectivity index (χ1v) is 7.78. The fraction of sp³-hybridized carbons (Fsp3) is 0.500. The molecule has 2 heterocycles. The Morgan fingerprint density at radius 1 is 1.36 bits per heavy atom. The second kappa shape index (κ2) is 6.68. The van der Waals surface area contributed by atoms with Crippen molar-refractivity contribution in [3.8, 4) is 5.75 Å². The van der Waals surface area contributed by atoms with Gasteiger partial charge < -0.3 is 20.3 Å². The van der Waals surface area contributed by atoms with E-state index in [9.17, 15) is 9.59 Å². The molecule has 6 heteroatoms. The van der Waals surface area contributed by atoms with Crippen LogP contribution in [0.15, 0.2) is 24.3 Å². The molecule has 0 aliphatic carbocycles. The van der Waals surface area contributed by atoms with E-state index in [2.05, 4.69) is 10.6 Å². The average Bonchev–Trinajstić information content (AvgIpc) is 2.73. The number of carbonyl (C=O) groups is 2. The van der Waals surface area contributed by atoms with Gasteiger partial charge in [0, 0.05) is 6.54 Å². The molecule has 1 fully saturated rings. The molecule has 1 atom stereocenters. The standard InChI is InChI=1S/C16H21N3O3/c20-15(18-12-5-3-4-8-17-16(12)21)11-19-9-10-22-14-7-2-1-6-13(14)19/h1-2,6-7,12H,3-5,8-11H2,(H,17,21)(H,18,20)/t12-/m0/s1. The summed E-state index contributed by atoms with van der Waals surface area (Å²) in [7, 11) is 0. The molecule has 0 saturated carbocycles. The lowest BCUT2D eigenvalue weighted by Crippen LogP contribution is -2.49. The van der Waals surface area contributed by atoms with Crippen LogP contribution in [-0.4, -0.2) is 44.1 Å². The average molecular weight is 303 g/mol. The predicted octanol–water partition coefficient (Wildman–Crippen LogP) is 0.670. The summed E-state index contributed by atoms with van der Waals surface area (Å²) in [6.07, 6.45) is 2.62. The fourth-order valence-electron chi connectivity index (χ4n) is 2.88. The Hall–Kier alpha value is -2.24. The summed E-state index contributed by atoms with van der Waals surface area (Å²) in [5.74, 6) is 0.598. The van der Waals surface area contributed by atoms with Crippen molar-refractivity contribution in [1.82, 2.24) is 10.6 Å². The molecule has 2 aliphatic rings. The highest BCUT2D eigenvalue weighted by molar-refractivity contribution is 5.89. The van der Waals surface area contributed by atoms with E-state index in [-0.39, 0.29) is 18.4 Å². The lowest BCUT2D eigenvalue weighted by atomic mass is 10.1. The minimum absolute atomic E-state index is 0.0757. The molecule has 6 nitrogen and oxygen atoms in total. The highest BCUT2D eigenvalue weighted by atomic mass is 16.5. The van der Waals surface area contributed by atoms with Gasteiger partial charge in [0.1, 0.15) is 18.4 Å². The van der Waals surface area contributed by atoms with Crippen molar-refractivity contribution >= 4 is 17.5 Å². The van der Waals surface area contributed by atoms with Gasteiger partial charge in [-0.1, -0.05) is 12.1 Å². The fourth-order valence-corrected chi connectivity index (χ4v) is 2.88. The molecular weight excluding hydrogens is 282 g/mol. The van der Waals surface area contributed by atoms with E-state index in [1.807, 2.05) is 29.2 Å². The molecule has 0 aromatic heterocycles. The normalized spacial score (nSPS) is 21.2. The van der Waals surface area contributed by atoms with E-state index in [1.54, 1.807) is 0 Å². The third-order valence-electron chi connectivity index (χ3n) is 4.03. The van der Waals surface area contributed by atoms with Crippen molar-refractivity contribution in [2.75, 3.05) is 31.1 Å². The van der Waals surface area contributed by atoms with Crippen molar-refractivity contribution in [2.24, 2.45) is 0 Å². The monoisotopic (exact) mass is 303 g/mol. The van der Waals surface area contributed by atoms with E-state index in [4.69, 9.17) is 4.74 Å². The van der Waals surface area contributed by atoms with Crippen LogP contribution in [0.2, 0.25) is 0 Å². The van der Waals surface area contributed by atoms with Gasteiger partial charge in [-0.05, 0) is 31.4 Å². The van der Waals surface area contributed by atoms with Crippen LogP contribution in [0.4, 0.5) is 5.69 Å². The third kappa shape index (κ3) is 3.32. The second-order valence-corrected chi connectivity index (χ2v) is 5.64. The maximum Gasteiger partial charge on any atom is 0.242 e. The van der Waals surface area contributed by atoms with Crippen LogP contribution in [0.1, 0.15) is 19.3 Å². The van der Waals surface area contributed by atoms with Gasteiger partial charge in [-0.15, -0.1) is 0 Å². The van der Waals surface area contributed by atoms with Crippen LogP contribution in [0, 0.1) is 0 Å². The summed E-state index contributed by atoms with van der Waals surface area (Å²) in [6.45, 7) is 2.17. The minimum atomic E-state index is -0.411. The molecular formula is C16H21N3O3. The lowest BCUT2D eigenvalue weighted by molar-refractivity contribution is -0.128. The zero-order chi connectivity index (χ0) is 15.4. The summed E-state index contributed by atoms with van der Waals surface area (Å²) >= 11 is 0. The van der Waals surface area contributed by atoms with Crippen LogP contribution < -0.4 is 20.3 Å². The highest BCUT2D eigenvalue weighted by Gasteiger charge is 2.25. The van der Waals surface area contributed by atoms with Crippen molar-refractivity contribution in [2.45, 2.75) is 25.3 Å². The quantitative estimate of drug-likeness (QED) is 0.861. The first kappa shape index (κ1) is 14.7. The number of nitrogens with one attached hydrogen (secondary N) is 2. The zero-order valence-corrected chi connectivity index (χ0v) is 12.5. The zero-order valence-electron chi connectivity index (χ0n) is 12.5. The van der Waals surface area contributed by atoms with E-state index in [0.29, 0.717) is 26.1 Å². The maximum absolute atomic E-state index is 12.3. The van der Waals surface area contributed by atoms with Gasteiger partial charge in [0.05, 0.1) is 18.8 Å². The Kier molecular flexibility index (Phi) is 4.46. The first-order valence-electron chi connectivity index (χ1n) is 7.78. The van der Waals surface area contributed by atoms with Crippen LogP contribution in [-0.2, 0) is 9.59 Å². The van der Waals surface area contributed by atoms with E-state index >= 15 is 0 Å². The number of carbonyl (C=O) groups excluding carboxylic acids is 2.